The normalized spacial score (nSPS) is 10.5. The number of benzene rings is 2. The van der Waals surface area contributed by atoms with E-state index >= 15 is 0 Å². The highest BCUT2D eigenvalue weighted by Crippen LogP contribution is 2.31. The van der Waals surface area contributed by atoms with Crippen molar-refractivity contribution in [1.82, 2.24) is 15.0 Å². The average molecular weight is 397 g/mol. The summed E-state index contributed by atoms with van der Waals surface area (Å²) in [5, 5.41) is 4.03. The fourth-order valence-corrected chi connectivity index (χ4v) is 2.89. The first-order valence-corrected chi connectivity index (χ1v) is 9.08. The summed E-state index contributed by atoms with van der Waals surface area (Å²) in [6.45, 7) is 2.55. The Morgan fingerprint density at radius 1 is 1.00 bits per heavy atom. The van der Waals surface area contributed by atoms with Gasteiger partial charge in [-0.3, -0.25) is 4.79 Å². The molecule has 0 aliphatic carbocycles. The van der Waals surface area contributed by atoms with E-state index in [9.17, 15) is 4.79 Å². The number of methoxy groups -OCH3 is 3. The van der Waals surface area contributed by atoms with E-state index in [1.54, 1.807) is 49.5 Å². The van der Waals surface area contributed by atoms with Gasteiger partial charge in [0.2, 0.25) is 11.7 Å². The number of nitrogens with zero attached hydrogens (tertiary/aromatic N) is 3. The van der Waals surface area contributed by atoms with Gasteiger partial charge in [-0.15, -0.1) is 0 Å². The first-order valence-electron chi connectivity index (χ1n) is 9.08. The van der Waals surface area contributed by atoms with Crippen molar-refractivity contribution in [2.45, 2.75) is 13.5 Å². The second kappa shape index (κ2) is 9.09. The molecule has 8 heteroatoms. The van der Waals surface area contributed by atoms with Crippen molar-refractivity contribution in [1.29, 1.82) is 0 Å². The zero-order chi connectivity index (χ0) is 20.8. The standard InChI is InChI=1S/C21H23N3O5/c1-5-24(21(25)15-8-6-7-9-16(15)26-2)13-19-22-20(23-29-19)14-10-11-17(27-3)18(12-14)28-4/h6-12H,5,13H2,1-4H3. The van der Waals surface area contributed by atoms with Gasteiger partial charge in [0.05, 0.1) is 26.9 Å². The number of amides is 1. The Hall–Kier alpha value is -3.55. The number of hydrogen-bond donors (Lipinski definition) is 0. The van der Waals surface area contributed by atoms with Gasteiger partial charge in [-0.05, 0) is 37.3 Å². The van der Waals surface area contributed by atoms with E-state index < -0.39 is 0 Å². The van der Waals surface area contributed by atoms with Crippen molar-refractivity contribution in [2.75, 3.05) is 27.9 Å². The molecule has 0 N–H and O–H groups in total. The lowest BCUT2D eigenvalue weighted by molar-refractivity contribution is 0.0731. The van der Waals surface area contributed by atoms with Gasteiger partial charge in [-0.25, -0.2) is 0 Å². The minimum absolute atomic E-state index is 0.171. The highest BCUT2D eigenvalue weighted by molar-refractivity contribution is 5.96. The SMILES string of the molecule is CCN(Cc1nc(-c2ccc(OC)c(OC)c2)no1)C(=O)c1ccccc1OC. The van der Waals surface area contributed by atoms with Crippen molar-refractivity contribution in [3.8, 4) is 28.6 Å². The monoisotopic (exact) mass is 397 g/mol. The van der Waals surface area contributed by atoms with Crippen molar-refractivity contribution >= 4 is 5.91 Å². The summed E-state index contributed by atoms with van der Waals surface area (Å²) in [6, 6.07) is 12.5. The third-order valence-electron chi connectivity index (χ3n) is 4.44. The van der Waals surface area contributed by atoms with Gasteiger partial charge >= 0.3 is 0 Å². The van der Waals surface area contributed by atoms with Crippen LogP contribution in [0.5, 0.6) is 17.2 Å². The van der Waals surface area contributed by atoms with Crippen LogP contribution in [-0.2, 0) is 6.54 Å². The molecule has 3 rings (SSSR count). The second-order valence-corrected chi connectivity index (χ2v) is 6.10. The average Bonchev–Trinajstić information content (AvgIpc) is 3.25. The molecule has 0 unspecified atom stereocenters. The van der Waals surface area contributed by atoms with Gasteiger partial charge in [0.1, 0.15) is 12.3 Å². The Morgan fingerprint density at radius 3 is 2.41 bits per heavy atom. The third kappa shape index (κ3) is 4.31. The second-order valence-electron chi connectivity index (χ2n) is 6.10. The minimum Gasteiger partial charge on any atom is -0.496 e. The van der Waals surface area contributed by atoms with E-state index in [-0.39, 0.29) is 12.5 Å². The lowest BCUT2D eigenvalue weighted by Crippen LogP contribution is -2.30. The summed E-state index contributed by atoms with van der Waals surface area (Å²) in [5.74, 6) is 2.27. The maximum absolute atomic E-state index is 12.9. The number of para-hydroxylation sites is 1. The van der Waals surface area contributed by atoms with Crippen molar-refractivity contribution in [3.05, 3.63) is 53.9 Å². The Balaban J connectivity index is 1.80. The number of hydrogen-bond acceptors (Lipinski definition) is 7. The summed E-state index contributed by atoms with van der Waals surface area (Å²) < 4.78 is 21.2. The summed E-state index contributed by atoms with van der Waals surface area (Å²) in [5.41, 5.74) is 1.20. The molecular formula is C21H23N3O5. The van der Waals surface area contributed by atoms with Gasteiger partial charge in [0, 0.05) is 12.1 Å². The number of ether oxygens (including phenoxy) is 3. The van der Waals surface area contributed by atoms with E-state index in [4.69, 9.17) is 18.7 Å². The van der Waals surface area contributed by atoms with Crippen LogP contribution in [0, 0.1) is 0 Å². The van der Waals surface area contributed by atoms with E-state index in [1.807, 2.05) is 19.1 Å². The Labute approximate surface area is 169 Å². The number of carbonyl (C=O) groups is 1. The van der Waals surface area contributed by atoms with E-state index in [2.05, 4.69) is 10.1 Å². The number of aromatic nitrogens is 2. The van der Waals surface area contributed by atoms with Crippen LogP contribution in [0.25, 0.3) is 11.4 Å². The fourth-order valence-electron chi connectivity index (χ4n) is 2.89. The predicted molar refractivity (Wildman–Crippen MR) is 106 cm³/mol. The molecule has 1 heterocycles. The molecule has 0 atom stereocenters. The van der Waals surface area contributed by atoms with Crippen molar-refractivity contribution in [3.63, 3.8) is 0 Å². The van der Waals surface area contributed by atoms with Crippen LogP contribution in [0.1, 0.15) is 23.2 Å². The predicted octanol–water partition coefficient (Wildman–Crippen LogP) is 3.42. The molecule has 1 aromatic heterocycles. The van der Waals surface area contributed by atoms with Crippen LogP contribution in [-0.4, -0.2) is 48.8 Å². The van der Waals surface area contributed by atoms with Gasteiger partial charge in [-0.2, -0.15) is 4.98 Å². The van der Waals surface area contributed by atoms with Gasteiger partial charge in [0.15, 0.2) is 11.5 Å². The fraction of sp³-hybridized carbons (Fsp3) is 0.286. The van der Waals surface area contributed by atoms with Crippen LogP contribution in [0.15, 0.2) is 47.0 Å². The molecule has 0 bridgehead atoms. The quantitative estimate of drug-likeness (QED) is 0.575. The van der Waals surface area contributed by atoms with Gasteiger partial charge in [-0.1, -0.05) is 17.3 Å². The van der Waals surface area contributed by atoms with Crippen LogP contribution in [0.3, 0.4) is 0 Å². The minimum atomic E-state index is -0.171. The lowest BCUT2D eigenvalue weighted by atomic mass is 10.1. The van der Waals surface area contributed by atoms with Crippen LogP contribution >= 0.6 is 0 Å². The molecule has 0 radical (unpaired) electrons. The summed E-state index contributed by atoms with van der Waals surface area (Å²) in [6.07, 6.45) is 0. The highest BCUT2D eigenvalue weighted by atomic mass is 16.5. The van der Waals surface area contributed by atoms with E-state index in [1.165, 1.54) is 7.11 Å². The van der Waals surface area contributed by atoms with E-state index in [0.29, 0.717) is 41.1 Å². The highest BCUT2D eigenvalue weighted by Gasteiger charge is 2.21. The topological polar surface area (TPSA) is 86.9 Å². The number of rotatable bonds is 8. The molecule has 152 valence electrons. The van der Waals surface area contributed by atoms with E-state index in [0.717, 1.165) is 5.56 Å². The zero-order valence-corrected chi connectivity index (χ0v) is 16.8. The zero-order valence-electron chi connectivity index (χ0n) is 16.8. The molecule has 1 amide bonds. The molecule has 2 aromatic carbocycles. The molecular weight excluding hydrogens is 374 g/mol. The summed E-state index contributed by atoms with van der Waals surface area (Å²) in [7, 11) is 4.67. The molecule has 0 spiro atoms. The van der Waals surface area contributed by atoms with Gasteiger partial charge < -0.3 is 23.6 Å². The van der Waals surface area contributed by atoms with Crippen LogP contribution in [0.4, 0.5) is 0 Å². The largest absolute Gasteiger partial charge is 0.496 e. The molecule has 29 heavy (non-hydrogen) atoms. The Kier molecular flexibility index (Phi) is 6.33. The molecule has 0 saturated heterocycles. The molecule has 0 aliphatic rings. The smallest absolute Gasteiger partial charge is 0.258 e. The Morgan fingerprint density at radius 2 is 1.72 bits per heavy atom. The van der Waals surface area contributed by atoms with Crippen molar-refractivity contribution in [2.24, 2.45) is 0 Å². The molecule has 3 aromatic rings. The van der Waals surface area contributed by atoms with Crippen LogP contribution in [0.2, 0.25) is 0 Å². The van der Waals surface area contributed by atoms with Crippen LogP contribution < -0.4 is 14.2 Å². The molecule has 0 fully saturated rings. The van der Waals surface area contributed by atoms with Crippen molar-refractivity contribution < 1.29 is 23.5 Å². The number of carbonyl (C=O) groups excluding carboxylic acids is 1. The maximum atomic E-state index is 12.9. The lowest BCUT2D eigenvalue weighted by Gasteiger charge is -2.20. The first kappa shape index (κ1) is 20.2. The Bertz CT molecular complexity index is 986. The molecule has 0 saturated carbocycles. The summed E-state index contributed by atoms with van der Waals surface area (Å²) >= 11 is 0. The molecule has 0 aliphatic heterocycles. The molecule has 8 nitrogen and oxygen atoms in total. The summed E-state index contributed by atoms with van der Waals surface area (Å²) in [4.78, 5) is 18.9. The third-order valence-corrected chi connectivity index (χ3v) is 4.44. The first-order chi connectivity index (χ1) is 14.1. The maximum Gasteiger partial charge on any atom is 0.258 e. The van der Waals surface area contributed by atoms with Gasteiger partial charge in [0.25, 0.3) is 5.91 Å².